The van der Waals surface area contributed by atoms with Crippen molar-refractivity contribution in [1.82, 2.24) is 0 Å². The van der Waals surface area contributed by atoms with Crippen LogP contribution in [0.3, 0.4) is 0 Å². The molecule has 0 saturated heterocycles. The summed E-state index contributed by atoms with van der Waals surface area (Å²) in [4.78, 5) is 0. The van der Waals surface area contributed by atoms with E-state index in [9.17, 15) is 10.2 Å². The smallest absolute Gasteiger partial charge is 0.137 e. The van der Waals surface area contributed by atoms with Crippen LogP contribution in [0.2, 0.25) is 0 Å². The topological polar surface area (TPSA) is 52.5 Å². The third kappa shape index (κ3) is 1.61. The van der Waals surface area contributed by atoms with E-state index in [-0.39, 0.29) is 5.75 Å². The number of para-hydroxylation sites is 1. The number of rotatable bonds is 1. The summed E-state index contributed by atoms with van der Waals surface area (Å²) in [6.45, 7) is 0.357. The van der Waals surface area contributed by atoms with Gasteiger partial charge in [-0.05, 0) is 24.3 Å². The zero-order valence-electron chi connectivity index (χ0n) is 9.52. The SMILES string of the molecule is Oc1ccc(Br)cc1C1(O)CNc2ccccc21. The number of anilines is 1. The Bertz CT molecular complexity index is 614. The second-order valence-corrected chi connectivity index (χ2v) is 5.34. The van der Waals surface area contributed by atoms with E-state index in [1.165, 1.54) is 0 Å². The van der Waals surface area contributed by atoms with Crippen LogP contribution in [0, 0.1) is 0 Å². The van der Waals surface area contributed by atoms with Gasteiger partial charge in [0.1, 0.15) is 11.4 Å². The van der Waals surface area contributed by atoms with Crippen LogP contribution in [-0.4, -0.2) is 16.8 Å². The van der Waals surface area contributed by atoms with E-state index >= 15 is 0 Å². The van der Waals surface area contributed by atoms with Crippen molar-refractivity contribution in [3.63, 3.8) is 0 Å². The molecule has 1 aliphatic rings. The number of hydrogen-bond acceptors (Lipinski definition) is 3. The van der Waals surface area contributed by atoms with Crippen molar-refractivity contribution in [1.29, 1.82) is 0 Å². The molecule has 0 aliphatic carbocycles. The summed E-state index contributed by atoms with van der Waals surface area (Å²) in [6, 6.07) is 12.7. The van der Waals surface area contributed by atoms with Crippen LogP contribution in [0.1, 0.15) is 11.1 Å². The van der Waals surface area contributed by atoms with Crippen LogP contribution in [0.15, 0.2) is 46.9 Å². The first-order chi connectivity index (χ1) is 8.61. The molecule has 3 rings (SSSR count). The van der Waals surface area contributed by atoms with E-state index in [1.807, 2.05) is 24.3 Å². The number of phenolic OH excluding ortho intramolecular Hbond substituents is 1. The average Bonchev–Trinajstić information content (AvgIpc) is 2.72. The first kappa shape index (κ1) is 11.6. The molecule has 1 atom stereocenters. The lowest BCUT2D eigenvalue weighted by Gasteiger charge is -2.24. The molecule has 92 valence electrons. The largest absolute Gasteiger partial charge is 0.508 e. The van der Waals surface area contributed by atoms with Gasteiger partial charge >= 0.3 is 0 Å². The van der Waals surface area contributed by atoms with Crippen molar-refractivity contribution in [2.75, 3.05) is 11.9 Å². The summed E-state index contributed by atoms with van der Waals surface area (Å²) in [6.07, 6.45) is 0. The average molecular weight is 306 g/mol. The van der Waals surface area contributed by atoms with Crippen molar-refractivity contribution >= 4 is 21.6 Å². The van der Waals surface area contributed by atoms with Crippen LogP contribution in [0.5, 0.6) is 5.75 Å². The van der Waals surface area contributed by atoms with E-state index in [2.05, 4.69) is 21.2 Å². The molecule has 0 amide bonds. The van der Waals surface area contributed by atoms with E-state index in [0.29, 0.717) is 12.1 Å². The summed E-state index contributed by atoms with van der Waals surface area (Å²) in [5, 5.41) is 24.0. The number of aliphatic hydroxyl groups is 1. The summed E-state index contributed by atoms with van der Waals surface area (Å²) in [5.74, 6) is 0.0965. The maximum absolute atomic E-state index is 10.9. The maximum Gasteiger partial charge on any atom is 0.137 e. The zero-order valence-corrected chi connectivity index (χ0v) is 11.1. The van der Waals surface area contributed by atoms with Crippen LogP contribution in [-0.2, 0) is 5.60 Å². The molecular weight excluding hydrogens is 294 g/mol. The van der Waals surface area contributed by atoms with Crippen LogP contribution in [0.25, 0.3) is 0 Å². The van der Waals surface area contributed by atoms with Gasteiger partial charge in [-0.15, -0.1) is 0 Å². The molecule has 4 heteroatoms. The summed E-state index contributed by atoms with van der Waals surface area (Å²) in [7, 11) is 0. The highest BCUT2D eigenvalue weighted by atomic mass is 79.9. The Morgan fingerprint density at radius 1 is 1.11 bits per heavy atom. The number of hydrogen-bond donors (Lipinski definition) is 3. The van der Waals surface area contributed by atoms with Crippen molar-refractivity contribution in [3.05, 3.63) is 58.1 Å². The van der Waals surface area contributed by atoms with Gasteiger partial charge < -0.3 is 15.5 Å². The van der Waals surface area contributed by atoms with Crippen molar-refractivity contribution in [2.24, 2.45) is 0 Å². The minimum Gasteiger partial charge on any atom is -0.508 e. The highest BCUT2D eigenvalue weighted by Crippen LogP contribution is 2.43. The maximum atomic E-state index is 10.9. The third-order valence-corrected chi connectivity index (χ3v) is 3.80. The number of phenols is 1. The van der Waals surface area contributed by atoms with Gasteiger partial charge in [-0.25, -0.2) is 0 Å². The highest BCUT2D eigenvalue weighted by molar-refractivity contribution is 9.10. The molecule has 3 N–H and O–H groups in total. The van der Waals surface area contributed by atoms with Gasteiger partial charge in [-0.2, -0.15) is 0 Å². The fourth-order valence-electron chi connectivity index (χ4n) is 2.40. The van der Waals surface area contributed by atoms with Crippen molar-refractivity contribution < 1.29 is 10.2 Å². The second-order valence-electron chi connectivity index (χ2n) is 4.42. The monoisotopic (exact) mass is 305 g/mol. The van der Waals surface area contributed by atoms with Gasteiger partial charge in [-0.3, -0.25) is 0 Å². The summed E-state index contributed by atoms with van der Waals surface area (Å²) in [5.41, 5.74) is 1.01. The Labute approximate surface area is 113 Å². The Morgan fingerprint density at radius 3 is 2.72 bits per heavy atom. The van der Waals surface area contributed by atoms with Gasteiger partial charge in [0.15, 0.2) is 0 Å². The van der Waals surface area contributed by atoms with Crippen LogP contribution in [0.4, 0.5) is 5.69 Å². The van der Waals surface area contributed by atoms with Crippen molar-refractivity contribution in [3.8, 4) is 5.75 Å². The number of nitrogens with one attached hydrogen (secondary N) is 1. The van der Waals surface area contributed by atoms with E-state index in [4.69, 9.17) is 0 Å². The van der Waals surface area contributed by atoms with E-state index < -0.39 is 5.60 Å². The molecule has 1 unspecified atom stereocenters. The molecule has 18 heavy (non-hydrogen) atoms. The predicted octanol–water partition coefficient (Wildman–Crippen LogP) is 2.82. The van der Waals surface area contributed by atoms with Crippen LogP contribution < -0.4 is 5.32 Å². The third-order valence-electron chi connectivity index (χ3n) is 3.31. The highest BCUT2D eigenvalue weighted by Gasteiger charge is 2.40. The number of aromatic hydroxyl groups is 1. The normalized spacial score (nSPS) is 21.4. The number of β-amino-alcohol motifs (C(OH)–C–C–N with tert-alkyl or cyclic N) is 1. The standard InChI is InChI=1S/C14H12BrNO2/c15-9-5-6-13(17)11(7-9)14(18)8-16-12-4-2-1-3-10(12)14/h1-7,16-18H,8H2. The number of halogens is 1. The van der Waals surface area contributed by atoms with Gasteiger partial charge in [0.2, 0.25) is 0 Å². The Morgan fingerprint density at radius 2 is 1.89 bits per heavy atom. The van der Waals surface area contributed by atoms with Gasteiger partial charge in [0, 0.05) is 21.3 Å². The van der Waals surface area contributed by atoms with Gasteiger partial charge in [0.05, 0.1) is 6.54 Å². The minimum atomic E-state index is -1.19. The molecule has 2 aromatic carbocycles. The molecule has 2 aromatic rings. The van der Waals surface area contributed by atoms with E-state index in [0.717, 1.165) is 15.7 Å². The summed E-state index contributed by atoms with van der Waals surface area (Å²) < 4.78 is 0.827. The molecule has 0 bridgehead atoms. The molecule has 0 fully saturated rings. The van der Waals surface area contributed by atoms with Gasteiger partial charge in [0.25, 0.3) is 0 Å². The molecule has 1 aliphatic heterocycles. The molecular formula is C14H12BrNO2. The van der Waals surface area contributed by atoms with E-state index in [1.54, 1.807) is 18.2 Å². The second kappa shape index (κ2) is 4.00. The lowest BCUT2D eigenvalue weighted by molar-refractivity contribution is 0.0998. The van der Waals surface area contributed by atoms with Crippen LogP contribution >= 0.6 is 15.9 Å². The molecule has 0 aromatic heterocycles. The molecule has 3 nitrogen and oxygen atoms in total. The first-order valence-corrected chi connectivity index (χ1v) is 6.45. The molecule has 0 spiro atoms. The Hall–Kier alpha value is -1.52. The van der Waals surface area contributed by atoms with Crippen molar-refractivity contribution in [2.45, 2.75) is 5.60 Å². The zero-order chi connectivity index (χ0) is 12.8. The summed E-state index contributed by atoms with van der Waals surface area (Å²) >= 11 is 3.36. The lowest BCUT2D eigenvalue weighted by atomic mass is 9.87. The Balaban J connectivity index is 2.20. The quantitative estimate of drug-likeness (QED) is 0.759. The lowest BCUT2D eigenvalue weighted by Crippen LogP contribution is -2.29. The minimum absolute atomic E-state index is 0.0965. The predicted molar refractivity (Wildman–Crippen MR) is 73.7 cm³/mol. The fraction of sp³-hybridized carbons (Fsp3) is 0.143. The number of fused-ring (bicyclic) bond motifs is 1. The first-order valence-electron chi connectivity index (χ1n) is 5.66. The fourth-order valence-corrected chi connectivity index (χ4v) is 2.76. The molecule has 0 radical (unpaired) electrons. The van der Waals surface area contributed by atoms with Gasteiger partial charge in [-0.1, -0.05) is 34.1 Å². The number of benzene rings is 2. The molecule has 0 saturated carbocycles. The molecule has 1 heterocycles. The Kier molecular flexibility index (Phi) is 2.57.